The first-order valence-electron chi connectivity index (χ1n) is 5.72. The number of halogens is 2. The molecule has 0 saturated heterocycles. The molecule has 1 aromatic carbocycles. The van der Waals surface area contributed by atoms with Crippen molar-refractivity contribution >= 4 is 0 Å². The van der Waals surface area contributed by atoms with E-state index in [1.807, 2.05) is 12.1 Å². The predicted molar refractivity (Wildman–Crippen MR) is 66.1 cm³/mol. The predicted octanol–water partition coefficient (Wildman–Crippen LogP) is 2.86. The second-order valence-electron chi connectivity index (χ2n) is 4.05. The Morgan fingerprint density at radius 2 is 2.06 bits per heavy atom. The first kappa shape index (κ1) is 12.6. The van der Waals surface area contributed by atoms with Gasteiger partial charge in [0.2, 0.25) is 0 Å². The Hall–Kier alpha value is -1.81. The van der Waals surface area contributed by atoms with Gasteiger partial charge in [-0.25, -0.2) is 8.78 Å². The lowest BCUT2D eigenvalue weighted by Crippen LogP contribution is -2.20. The maximum atomic E-state index is 13.7. The highest BCUT2D eigenvalue weighted by Crippen LogP contribution is 2.22. The SMILES string of the molecule is CNC(Cc1cccnc1)c1cccc(F)c1F. The van der Waals surface area contributed by atoms with Crippen LogP contribution in [0.3, 0.4) is 0 Å². The molecule has 1 heterocycles. The van der Waals surface area contributed by atoms with Crippen molar-refractivity contribution in [3.63, 3.8) is 0 Å². The van der Waals surface area contributed by atoms with Gasteiger partial charge in [0.25, 0.3) is 0 Å². The molecule has 0 spiro atoms. The van der Waals surface area contributed by atoms with E-state index in [4.69, 9.17) is 0 Å². The molecule has 1 N–H and O–H groups in total. The van der Waals surface area contributed by atoms with Crippen LogP contribution in [-0.4, -0.2) is 12.0 Å². The highest BCUT2D eigenvalue weighted by atomic mass is 19.2. The fourth-order valence-corrected chi connectivity index (χ4v) is 1.91. The number of hydrogen-bond donors (Lipinski definition) is 1. The molecular formula is C14H14F2N2. The van der Waals surface area contributed by atoms with Crippen LogP contribution in [0, 0.1) is 11.6 Å². The summed E-state index contributed by atoms with van der Waals surface area (Å²) in [6.45, 7) is 0. The van der Waals surface area contributed by atoms with Crippen molar-refractivity contribution in [3.05, 3.63) is 65.5 Å². The third kappa shape index (κ3) is 2.71. The van der Waals surface area contributed by atoms with E-state index < -0.39 is 11.6 Å². The fourth-order valence-electron chi connectivity index (χ4n) is 1.91. The Kier molecular flexibility index (Phi) is 3.99. The Morgan fingerprint density at radius 1 is 1.22 bits per heavy atom. The molecule has 0 saturated carbocycles. The average Bonchev–Trinajstić information content (AvgIpc) is 2.41. The van der Waals surface area contributed by atoms with E-state index in [1.54, 1.807) is 25.5 Å². The van der Waals surface area contributed by atoms with Crippen molar-refractivity contribution < 1.29 is 8.78 Å². The summed E-state index contributed by atoms with van der Waals surface area (Å²) < 4.78 is 26.9. The molecule has 2 rings (SSSR count). The van der Waals surface area contributed by atoms with E-state index in [9.17, 15) is 8.78 Å². The van der Waals surface area contributed by atoms with Crippen LogP contribution in [0.5, 0.6) is 0 Å². The monoisotopic (exact) mass is 248 g/mol. The zero-order chi connectivity index (χ0) is 13.0. The van der Waals surface area contributed by atoms with Crippen LogP contribution in [0.1, 0.15) is 17.2 Å². The number of rotatable bonds is 4. The molecule has 1 atom stereocenters. The zero-order valence-corrected chi connectivity index (χ0v) is 10.0. The smallest absolute Gasteiger partial charge is 0.163 e. The van der Waals surface area contributed by atoms with E-state index in [2.05, 4.69) is 10.3 Å². The fraction of sp³-hybridized carbons (Fsp3) is 0.214. The van der Waals surface area contributed by atoms with Gasteiger partial charge in [-0.15, -0.1) is 0 Å². The highest BCUT2D eigenvalue weighted by Gasteiger charge is 2.17. The molecule has 0 aliphatic carbocycles. The third-order valence-electron chi connectivity index (χ3n) is 2.87. The zero-order valence-electron chi connectivity index (χ0n) is 10.0. The Bertz CT molecular complexity index is 514. The molecule has 0 bridgehead atoms. The van der Waals surface area contributed by atoms with Crippen LogP contribution in [0.25, 0.3) is 0 Å². The van der Waals surface area contributed by atoms with Crippen molar-refractivity contribution in [2.24, 2.45) is 0 Å². The minimum atomic E-state index is -0.820. The van der Waals surface area contributed by atoms with Gasteiger partial charge in [-0.1, -0.05) is 18.2 Å². The number of benzene rings is 1. The van der Waals surface area contributed by atoms with Crippen LogP contribution in [0.15, 0.2) is 42.7 Å². The van der Waals surface area contributed by atoms with Gasteiger partial charge in [0, 0.05) is 24.0 Å². The van der Waals surface area contributed by atoms with E-state index in [0.717, 1.165) is 11.6 Å². The number of nitrogens with zero attached hydrogens (tertiary/aromatic N) is 1. The van der Waals surface area contributed by atoms with Gasteiger partial charge in [0.05, 0.1) is 0 Å². The van der Waals surface area contributed by atoms with Gasteiger partial charge in [-0.2, -0.15) is 0 Å². The molecule has 2 nitrogen and oxygen atoms in total. The van der Waals surface area contributed by atoms with Gasteiger partial charge in [-0.3, -0.25) is 4.98 Å². The summed E-state index contributed by atoms with van der Waals surface area (Å²) in [6.07, 6.45) is 3.97. The lowest BCUT2D eigenvalue weighted by Gasteiger charge is -2.17. The molecule has 0 aliphatic rings. The first-order valence-corrected chi connectivity index (χ1v) is 5.72. The number of nitrogens with one attached hydrogen (secondary N) is 1. The summed E-state index contributed by atoms with van der Waals surface area (Å²) in [6, 6.07) is 7.69. The van der Waals surface area contributed by atoms with Gasteiger partial charge in [0.15, 0.2) is 11.6 Å². The highest BCUT2D eigenvalue weighted by molar-refractivity contribution is 5.25. The Morgan fingerprint density at radius 3 is 2.72 bits per heavy atom. The van der Waals surface area contributed by atoms with Crippen molar-refractivity contribution in [1.29, 1.82) is 0 Å². The number of likely N-dealkylation sites (N-methyl/N-ethyl adjacent to an activating group) is 1. The molecule has 2 aromatic rings. The van der Waals surface area contributed by atoms with Crippen LogP contribution in [0.2, 0.25) is 0 Å². The summed E-state index contributed by atoms with van der Waals surface area (Å²) >= 11 is 0. The Labute approximate surface area is 105 Å². The van der Waals surface area contributed by atoms with Crippen molar-refractivity contribution in [2.75, 3.05) is 7.05 Å². The third-order valence-corrected chi connectivity index (χ3v) is 2.87. The summed E-state index contributed by atoms with van der Waals surface area (Å²) in [7, 11) is 1.73. The molecule has 0 amide bonds. The molecule has 1 aromatic heterocycles. The van der Waals surface area contributed by atoms with Crippen LogP contribution in [-0.2, 0) is 6.42 Å². The number of aromatic nitrogens is 1. The lowest BCUT2D eigenvalue weighted by atomic mass is 9.99. The minimum Gasteiger partial charge on any atom is -0.313 e. The molecule has 4 heteroatoms. The average molecular weight is 248 g/mol. The van der Waals surface area contributed by atoms with Crippen LogP contribution >= 0.6 is 0 Å². The maximum absolute atomic E-state index is 13.7. The molecule has 0 fully saturated rings. The topological polar surface area (TPSA) is 24.9 Å². The Balaban J connectivity index is 2.26. The van der Waals surface area contributed by atoms with Gasteiger partial charge < -0.3 is 5.32 Å². The molecular weight excluding hydrogens is 234 g/mol. The second kappa shape index (κ2) is 5.69. The number of hydrogen-bond acceptors (Lipinski definition) is 2. The van der Waals surface area contributed by atoms with Gasteiger partial charge >= 0.3 is 0 Å². The van der Waals surface area contributed by atoms with E-state index in [-0.39, 0.29) is 6.04 Å². The molecule has 18 heavy (non-hydrogen) atoms. The largest absolute Gasteiger partial charge is 0.313 e. The van der Waals surface area contributed by atoms with Crippen molar-refractivity contribution in [3.8, 4) is 0 Å². The molecule has 0 aliphatic heterocycles. The van der Waals surface area contributed by atoms with Crippen LogP contribution < -0.4 is 5.32 Å². The van der Waals surface area contributed by atoms with Crippen LogP contribution in [0.4, 0.5) is 8.78 Å². The first-order chi connectivity index (χ1) is 8.72. The van der Waals surface area contributed by atoms with E-state index in [1.165, 1.54) is 6.07 Å². The molecule has 0 radical (unpaired) electrons. The summed E-state index contributed by atoms with van der Waals surface area (Å²) in [5.74, 6) is -1.61. The van der Waals surface area contributed by atoms with E-state index in [0.29, 0.717) is 12.0 Å². The standard InChI is InChI=1S/C14H14F2N2/c1-17-13(8-10-4-3-7-18-9-10)11-5-2-6-12(15)14(11)16/h2-7,9,13,17H,8H2,1H3. The van der Waals surface area contributed by atoms with E-state index >= 15 is 0 Å². The molecule has 1 unspecified atom stereocenters. The summed E-state index contributed by atoms with van der Waals surface area (Å²) in [5, 5.41) is 3.00. The quantitative estimate of drug-likeness (QED) is 0.900. The normalized spacial score (nSPS) is 12.4. The van der Waals surface area contributed by atoms with Crippen molar-refractivity contribution in [1.82, 2.24) is 10.3 Å². The van der Waals surface area contributed by atoms with Gasteiger partial charge in [-0.05, 0) is 31.2 Å². The summed E-state index contributed by atoms with van der Waals surface area (Å²) in [5.41, 5.74) is 1.31. The van der Waals surface area contributed by atoms with Crippen molar-refractivity contribution in [2.45, 2.75) is 12.5 Å². The maximum Gasteiger partial charge on any atom is 0.163 e. The summed E-state index contributed by atoms with van der Waals surface area (Å²) in [4.78, 5) is 4.01. The number of pyridine rings is 1. The molecule has 94 valence electrons. The minimum absolute atomic E-state index is 0.273. The second-order valence-corrected chi connectivity index (χ2v) is 4.05. The van der Waals surface area contributed by atoms with Gasteiger partial charge in [0.1, 0.15) is 0 Å². The lowest BCUT2D eigenvalue weighted by molar-refractivity contribution is 0.473.